The number of anilines is 1. The smallest absolute Gasteiger partial charge is 0.203 e. The maximum atomic E-state index is 6.00. The second-order valence-electron chi connectivity index (χ2n) is 4.35. The monoisotopic (exact) mass is 299 g/mol. The van der Waals surface area contributed by atoms with Crippen molar-refractivity contribution in [3.8, 4) is 0 Å². The largest absolute Gasteiger partial charge is 0.383 e. The van der Waals surface area contributed by atoms with Crippen LogP contribution in [0.1, 0.15) is 23.5 Å². The van der Waals surface area contributed by atoms with Gasteiger partial charge in [0.25, 0.3) is 0 Å². The molecule has 0 aromatic carbocycles. The van der Waals surface area contributed by atoms with Gasteiger partial charge in [0.15, 0.2) is 0 Å². The summed E-state index contributed by atoms with van der Waals surface area (Å²) in [5.41, 5.74) is 0.995. The van der Waals surface area contributed by atoms with Crippen molar-refractivity contribution in [2.45, 2.75) is 19.9 Å². The molecule has 0 saturated heterocycles. The molecule has 0 aliphatic heterocycles. The molecule has 1 atom stereocenters. The first-order valence-electron chi connectivity index (χ1n) is 6.15. The molecule has 4 nitrogen and oxygen atoms in total. The standard InChI is InChI=1S/C13H18ClN3OS/c1-9-8-17(13(16-9)15-6-7-18-3)10(2)11-4-5-12(14)19-11/h4-5,8,10H,6-7H2,1-3H3,(H,15,16). The van der Waals surface area contributed by atoms with Gasteiger partial charge in [-0.1, -0.05) is 11.6 Å². The number of nitrogens with zero attached hydrogens (tertiary/aromatic N) is 2. The average Bonchev–Trinajstić information content (AvgIpc) is 2.95. The molecule has 2 heterocycles. The van der Waals surface area contributed by atoms with Crippen molar-refractivity contribution >= 4 is 28.9 Å². The lowest BCUT2D eigenvalue weighted by Gasteiger charge is -2.15. The summed E-state index contributed by atoms with van der Waals surface area (Å²) in [5.74, 6) is 0.867. The van der Waals surface area contributed by atoms with Gasteiger partial charge >= 0.3 is 0 Å². The highest BCUT2D eigenvalue weighted by atomic mass is 35.5. The highest BCUT2D eigenvalue weighted by molar-refractivity contribution is 7.16. The first-order valence-corrected chi connectivity index (χ1v) is 7.34. The van der Waals surface area contributed by atoms with Gasteiger partial charge in [0, 0.05) is 24.7 Å². The summed E-state index contributed by atoms with van der Waals surface area (Å²) in [6.45, 7) is 5.53. The van der Waals surface area contributed by atoms with E-state index >= 15 is 0 Å². The van der Waals surface area contributed by atoms with E-state index in [9.17, 15) is 0 Å². The fourth-order valence-electron chi connectivity index (χ4n) is 1.90. The number of rotatable bonds is 6. The third-order valence-corrected chi connectivity index (χ3v) is 4.27. The molecular weight excluding hydrogens is 282 g/mol. The van der Waals surface area contributed by atoms with Crippen LogP contribution in [0.2, 0.25) is 4.34 Å². The Balaban J connectivity index is 2.18. The van der Waals surface area contributed by atoms with E-state index in [4.69, 9.17) is 16.3 Å². The van der Waals surface area contributed by atoms with Crippen LogP contribution in [0.5, 0.6) is 0 Å². The zero-order valence-electron chi connectivity index (χ0n) is 11.3. The number of aromatic nitrogens is 2. The van der Waals surface area contributed by atoms with Crippen LogP contribution in [-0.2, 0) is 4.74 Å². The Morgan fingerprint density at radius 3 is 2.95 bits per heavy atom. The number of nitrogens with one attached hydrogen (secondary N) is 1. The zero-order chi connectivity index (χ0) is 13.8. The summed E-state index contributed by atoms with van der Waals surface area (Å²) in [5, 5.41) is 3.29. The number of aryl methyl sites for hydroxylation is 1. The van der Waals surface area contributed by atoms with Crippen LogP contribution in [-0.4, -0.2) is 29.8 Å². The lowest BCUT2D eigenvalue weighted by Crippen LogP contribution is -2.14. The summed E-state index contributed by atoms with van der Waals surface area (Å²) < 4.78 is 7.99. The molecule has 0 radical (unpaired) electrons. The Bertz CT molecular complexity index is 538. The molecule has 0 aliphatic rings. The fraction of sp³-hybridized carbons (Fsp3) is 0.462. The van der Waals surface area contributed by atoms with E-state index in [0.717, 1.165) is 22.5 Å². The van der Waals surface area contributed by atoms with E-state index in [-0.39, 0.29) is 6.04 Å². The fourth-order valence-corrected chi connectivity index (χ4v) is 3.01. The highest BCUT2D eigenvalue weighted by Gasteiger charge is 2.15. The molecule has 1 unspecified atom stereocenters. The van der Waals surface area contributed by atoms with E-state index < -0.39 is 0 Å². The molecule has 0 amide bonds. The van der Waals surface area contributed by atoms with E-state index in [2.05, 4.69) is 27.9 Å². The van der Waals surface area contributed by atoms with Crippen LogP contribution in [0.15, 0.2) is 18.3 Å². The minimum Gasteiger partial charge on any atom is -0.383 e. The Morgan fingerprint density at radius 1 is 1.53 bits per heavy atom. The van der Waals surface area contributed by atoms with Gasteiger partial charge in [0.2, 0.25) is 5.95 Å². The van der Waals surface area contributed by atoms with Gasteiger partial charge < -0.3 is 14.6 Å². The lowest BCUT2D eigenvalue weighted by atomic mass is 10.3. The third-order valence-electron chi connectivity index (χ3n) is 2.87. The summed E-state index contributed by atoms with van der Waals surface area (Å²) in [7, 11) is 1.69. The van der Waals surface area contributed by atoms with Crippen molar-refractivity contribution < 1.29 is 4.74 Å². The Hall–Kier alpha value is -1.04. The second kappa shape index (κ2) is 6.41. The van der Waals surface area contributed by atoms with E-state index in [1.54, 1.807) is 18.4 Å². The molecule has 0 saturated carbocycles. The van der Waals surface area contributed by atoms with Gasteiger partial charge in [-0.05, 0) is 26.0 Å². The highest BCUT2D eigenvalue weighted by Crippen LogP contribution is 2.30. The number of hydrogen-bond acceptors (Lipinski definition) is 4. The number of thiophene rings is 1. The minimum absolute atomic E-state index is 0.212. The van der Waals surface area contributed by atoms with Crippen molar-refractivity contribution in [3.63, 3.8) is 0 Å². The summed E-state index contributed by atoms with van der Waals surface area (Å²) >= 11 is 7.60. The summed E-state index contributed by atoms with van der Waals surface area (Å²) in [6, 6.07) is 4.20. The molecule has 0 spiro atoms. The molecule has 1 N–H and O–H groups in total. The maximum absolute atomic E-state index is 6.00. The van der Waals surface area contributed by atoms with E-state index in [1.165, 1.54) is 4.88 Å². The molecule has 104 valence electrons. The van der Waals surface area contributed by atoms with Gasteiger partial charge in [-0.25, -0.2) is 4.98 Å². The molecule has 0 aliphatic carbocycles. The topological polar surface area (TPSA) is 39.1 Å². The molecule has 2 aromatic heterocycles. The number of ether oxygens (including phenoxy) is 1. The van der Waals surface area contributed by atoms with Crippen LogP contribution in [0.3, 0.4) is 0 Å². The average molecular weight is 300 g/mol. The predicted octanol–water partition coefficient (Wildman–Crippen LogP) is 3.57. The van der Waals surface area contributed by atoms with Crippen LogP contribution in [0, 0.1) is 6.92 Å². The lowest BCUT2D eigenvalue weighted by molar-refractivity contribution is 0.210. The van der Waals surface area contributed by atoms with Gasteiger partial charge in [0.1, 0.15) is 0 Å². The van der Waals surface area contributed by atoms with E-state index in [1.807, 2.05) is 19.2 Å². The number of halogens is 1. The molecule has 2 rings (SSSR count). The van der Waals surface area contributed by atoms with Crippen molar-refractivity contribution in [3.05, 3.63) is 33.2 Å². The molecule has 0 fully saturated rings. The van der Waals surface area contributed by atoms with Crippen LogP contribution < -0.4 is 5.32 Å². The molecule has 0 bridgehead atoms. The van der Waals surface area contributed by atoms with Gasteiger partial charge in [-0.2, -0.15) is 0 Å². The SMILES string of the molecule is COCCNc1nc(C)cn1C(C)c1ccc(Cl)s1. The van der Waals surface area contributed by atoms with Crippen molar-refractivity contribution in [1.29, 1.82) is 0 Å². The van der Waals surface area contributed by atoms with Crippen molar-refractivity contribution in [1.82, 2.24) is 9.55 Å². The first-order chi connectivity index (χ1) is 9.11. The number of imidazole rings is 1. The normalized spacial score (nSPS) is 12.6. The molecular formula is C13H18ClN3OS. The molecule has 2 aromatic rings. The van der Waals surface area contributed by atoms with Crippen LogP contribution >= 0.6 is 22.9 Å². The van der Waals surface area contributed by atoms with Crippen molar-refractivity contribution in [2.24, 2.45) is 0 Å². The minimum atomic E-state index is 0.212. The third kappa shape index (κ3) is 3.49. The van der Waals surface area contributed by atoms with Crippen LogP contribution in [0.25, 0.3) is 0 Å². The van der Waals surface area contributed by atoms with Crippen molar-refractivity contribution in [2.75, 3.05) is 25.6 Å². The number of methoxy groups -OCH3 is 1. The van der Waals surface area contributed by atoms with Crippen LogP contribution in [0.4, 0.5) is 5.95 Å². The first kappa shape index (κ1) is 14.4. The maximum Gasteiger partial charge on any atom is 0.203 e. The molecule has 6 heteroatoms. The quantitative estimate of drug-likeness (QED) is 0.829. The zero-order valence-corrected chi connectivity index (χ0v) is 12.9. The second-order valence-corrected chi connectivity index (χ2v) is 6.10. The van der Waals surface area contributed by atoms with E-state index in [0.29, 0.717) is 6.61 Å². The van der Waals surface area contributed by atoms with Gasteiger partial charge in [0.05, 0.1) is 22.7 Å². The molecule has 19 heavy (non-hydrogen) atoms. The van der Waals surface area contributed by atoms with Gasteiger partial charge in [-0.3, -0.25) is 0 Å². The van der Waals surface area contributed by atoms with Gasteiger partial charge in [-0.15, -0.1) is 11.3 Å². The summed E-state index contributed by atoms with van der Waals surface area (Å²) in [6.07, 6.45) is 2.05. The predicted molar refractivity (Wildman–Crippen MR) is 80.5 cm³/mol. The Labute approximate surface area is 122 Å². The Morgan fingerprint density at radius 2 is 2.32 bits per heavy atom. The Kier molecular flexibility index (Phi) is 4.85. The number of hydrogen-bond donors (Lipinski definition) is 1. The summed E-state index contributed by atoms with van der Waals surface area (Å²) in [4.78, 5) is 5.72.